The topological polar surface area (TPSA) is 39.3 Å². The van der Waals surface area contributed by atoms with Crippen molar-refractivity contribution in [3.05, 3.63) is 35.5 Å². The van der Waals surface area contributed by atoms with E-state index in [0.717, 1.165) is 12.3 Å². The summed E-state index contributed by atoms with van der Waals surface area (Å²) in [6, 6.07) is 8.52. The molecule has 5 rings (SSSR count). The number of fused-ring (bicyclic) bond motifs is 4. The van der Waals surface area contributed by atoms with Crippen LogP contribution in [-0.4, -0.2) is 41.2 Å². The van der Waals surface area contributed by atoms with E-state index in [9.17, 15) is 5.11 Å². The van der Waals surface area contributed by atoms with Crippen LogP contribution in [0.15, 0.2) is 24.3 Å². The summed E-state index contributed by atoms with van der Waals surface area (Å²) in [6.07, 6.45) is 3.43. The molecule has 106 valence electrons. The number of rotatable bonds is 3. The van der Waals surface area contributed by atoms with Gasteiger partial charge in [-0.1, -0.05) is 18.2 Å². The number of aliphatic hydroxyl groups excluding tert-OH is 1. The van der Waals surface area contributed by atoms with Crippen LogP contribution in [0.2, 0.25) is 0 Å². The Morgan fingerprint density at radius 2 is 2.00 bits per heavy atom. The summed E-state index contributed by atoms with van der Waals surface area (Å²) in [6.45, 7) is 3.97. The summed E-state index contributed by atoms with van der Waals surface area (Å²) in [4.78, 5) is 6.26. The average molecular weight is 270 g/mol. The van der Waals surface area contributed by atoms with E-state index in [-0.39, 0.29) is 6.61 Å². The quantitative estimate of drug-likeness (QED) is 0.899. The van der Waals surface area contributed by atoms with E-state index < -0.39 is 0 Å². The zero-order valence-electron chi connectivity index (χ0n) is 11.8. The van der Waals surface area contributed by atoms with Crippen molar-refractivity contribution in [3.8, 4) is 0 Å². The zero-order valence-corrected chi connectivity index (χ0v) is 11.8. The first-order chi connectivity index (χ1) is 9.86. The molecule has 2 aromatic rings. The fourth-order valence-corrected chi connectivity index (χ4v) is 4.21. The van der Waals surface area contributed by atoms with E-state index in [1.807, 2.05) is 0 Å². The molecule has 3 nitrogen and oxygen atoms in total. The second-order valence-corrected chi connectivity index (χ2v) is 6.28. The van der Waals surface area contributed by atoms with E-state index in [2.05, 4.69) is 34.1 Å². The predicted molar refractivity (Wildman–Crippen MR) is 81.0 cm³/mol. The van der Waals surface area contributed by atoms with Crippen LogP contribution in [0.4, 0.5) is 0 Å². The molecular weight excluding hydrogens is 248 g/mol. The molecule has 1 aromatic carbocycles. The molecule has 4 heterocycles. The monoisotopic (exact) mass is 270 g/mol. The van der Waals surface area contributed by atoms with Gasteiger partial charge in [-0.05, 0) is 49.9 Å². The molecule has 0 amide bonds. The van der Waals surface area contributed by atoms with Crippen LogP contribution in [0.1, 0.15) is 30.0 Å². The van der Waals surface area contributed by atoms with Gasteiger partial charge in [-0.15, -0.1) is 0 Å². The van der Waals surface area contributed by atoms with Crippen LogP contribution in [0.25, 0.3) is 10.9 Å². The Kier molecular flexibility index (Phi) is 3.04. The number of aliphatic hydroxyl groups is 1. The second kappa shape index (κ2) is 4.90. The van der Waals surface area contributed by atoms with Crippen molar-refractivity contribution < 1.29 is 5.11 Å². The Bertz CT molecular complexity index is 610. The summed E-state index contributed by atoms with van der Waals surface area (Å²) in [5, 5.41) is 10.7. The third kappa shape index (κ3) is 1.88. The van der Waals surface area contributed by atoms with Crippen molar-refractivity contribution in [1.82, 2.24) is 9.88 Å². The summed E-state index contributed by atoms with van der Waals surface area (Å²) in [7, 11) is 0. The molecule has 2 N–H and O–H groups in total. The lowest BCUT2D eigenvalue weighted by molar-refractivity contribution is 0.0853. The van der Waals surface area contributed by atoms with Crippen molar-refractivity contribution in [1.29, 1.82) is 0 Å². The number of nitrogens with zero attached hydrogens (tertiary/aromatic N) is 1. The summed E-state index contributed by atoms with van der Waals surface area (Å²) in [5.41, 5.74) is 3.97. The number of hydrogen-bond acceptors (Lipinski definition) is 2. The van der Waals surface area contributed by atoms with Gasteiger partial charge in [-0.2, -0.15) is 0 Å². The molecule has 3 aliphatic heterocycles. The molecule has 0 spiro atoms. The number of nitrogens with one attached hydrogen (secondary N) is 1. The predicted octanol–water partition coefficient (Wildman–Crippen LogP) is 2.51. The summed E-state index contributed by atoms with van der Waals surface area (Å²) < 4.78 is 0. The third-order valence-corrected chi connectivity index (χ3v) is 5.24. The van der Waals surface area contributed by atoms with Gasteiger partial charge in [0, 0.05) is 35.7 Å². The van der Waals surface area contributed by atoms with Gasteiger partial charge >= 0.3 is 0 Å². The second-order valence-electron chi connectivity index (χ2n) is 6.28. The first kappa shape index (κ1) is 12.4. The number of benzene rings is 1. The average Bonchev–Trinajstić information content (AvgIpc) is 2.88. The molecule has 3 heteroatoms. The fourth-order valence-electron chi connectivity index (χ4n) is 4.21. The number of H-pyrrole nitrogens is 1. The lowest BCUT2D eigenvalue weighted by Crippen LogP contribution is -2.46. The molecule has 1 atom stereocenters. The van der Waals surface area contributed by atoms with Crippen LogP contribution in [0.3, 0.4) is 0 Å². The highest BCUT2D eigenvalue weighted by atomic mass is 16.2. The third-order valence-electron chi connectivity index (χ3n) is 5.24. The van der Waals surface area contributed by atoms with Crippen LogP contribution < -0.4 is 0 Å². The van der Waals surface area contributed by atoms with Crippen LogP contribution in [-0.2, 0) is 6.42 Å². The van der Waals surface area contributed by atoms with Gasteiger partial charge in [-0.3, -0.25) is 0 Å². The largest absolute Gasteiger partial charge is 0.396 e. The molecule has 1 aromatic heterocycles. The van der Waals surface area contributed by atoms with E-state index in [0.29, 0.717) is 5.92 Å². The summed E-state index contributed by atoms with van der Waals surface area (Å²) in [5.74, 6) is 1.46. The number of hydrogen-bond donors (Lipinski definition) is 2. The maximum absolute atomic E-state index is 9.43. The molecule has 2 bridgehead atoms. The van der Waals surface area contributed by atoms with Crippen molar-refractivity contribution in [2.75, 3.05) is 26.2 Å². The van der Waals surface area contributed by atoms with Crippen molar-refractivity contribution in [3.63, 3.8) is 0 Å². The molecule has 0 radical (unpaired) electrons. The Balaban J connectivity index is 1.80. The number of aromatic nitrogens is 1. The minimum absolute atomic E-state index is 0.232. The maximum atomic E-state index is 9.43. The molecule has 3 aliphatic rings. The van der Waals surface area contributed by atoms with E-state index in [1.54, 1.807) is 0 Å². The van der Waals surface area contributed by atoms with Gasteiger partial charge in [0.05, 0.1) is 0 Å². The van der Waals surface area contributed by atoms with Gasteiger partial charge in [-0.25, -0.2) is 0 Å². The molecule has 1 unspecified atom stereocenters. The van der Waals surface area contributed by atoms with Gasteiger partial charge in [0.15, 0.2) is 0 Å². The van der Waals surface area contributed by atoms with Gasteiger partial charge in [0.2, 0.25) is 0 Å². The first-order valence-electron chi connectivity index (χ1n) is 7.79. The van der Waals surface area contributed by atoms with Crippen LogP contribution in [0, 0.1) is 5.92 Å². The number of piperidine rings is 3. The molecule has 0 saturated carbocycles. The van der Waals surface area contributed by atoms with E-state index in [1.165, 1.54) is 54.6 Å². The maximum Gasteiger partial charge on any atom is 0.0472 e. The van der Waals surface area contributed by atoms with Gasteiger partial charge < -0.3 is 15.0 Å². The fraction of sp³-hybridized carbons (Fsp3) is 0.529. The van der Waals surface area contributed by atoms with Crippen LogP contribution in [0.5, 0.6) is 0 Å². The molecule has 3 fully saturated rings. The highest BCUT2D eigenvalue weighted by Crippen LogP contribution is 2.41. The minimum Gasteiger partial charge on any atom is -0.396 e. The molecule has 0 aliphatic carbocycles. The zero-order chi connectivity index (χ0) is 13.5. The van der Waals surface area contributed by atoms with E-state index >= 15 is 0 Å². The van der Waals surface area contributed by atoms with Crippen molar-refractivity contribution >= 4 is 10.9 Å². The smallest absolute Gasteiger partial charge is 0.0472 e. The molecule has 20 heavy (non-hydrogen) atoms. The highest BCUT2D eigenvalue weighted by Gasteiger charge is 2.36. The minimum atomic E-state index is 0.232. The highest BCUT2D eigenvalue weighted by molar-refractivity contribution is 5.85. The van der Waals surface area contributed by atoms with Crippen LogP contribution >= 0.6 is 0 Å². The number of para-hydroxylation sites is 1. The van der Waals surface area contributed by atoms with Crippen molar-refractivity contribution in [2.24, 2.45) is 5.92 Å². The lowest BCUT2D eigenvalue weighted by atomic mass is 9.76. The Morgan fingerprint density at radius 3 is 2.70 bits per heavy atom. The molecule has 3 saturated heterocycles. The lowest BCUT2D eigenvalue weighted by Gasteiger charge is -2.44. The van der Waals surface area contributed by atoms with Gasteiger partial charge in [0.1, 0.15) is 0 Å². The molecular formula is C17H22N2O. The normalized spacial score (nSPS) is 29.1. The SMILES string of the molecule is OCCc1c(C2CN3CCC2CC3)[nH]c2ccccc12. The first-order valence-corrected chi connectivity index (χ1v) is 7.79. The standard InChI is InChI=1S/C17H22N2O/c20-10-7-14-13-3-1-2-4-16(13)18-17(14)15-11-19-8-5-12(15)6-9-19/h1-4,12,15,18,20H,5-11H2. The number of aromatic amines is 1. The Hall–Kier alpha value is -1.32. The Morgan fingerprint density at radius 1 is 1.20 bits per heavy atom. The Labute approximate surface area is 119 Å². The summed E-state index contributed by atoms with van der Waals surface area (Å²) >= 11 is 0. The van der Waals surface area contributed by atoms with E-state index in [4.69, 9.17) is 0 Å². The van der Waals surface area contributed by atoms with Gasteiger partial charge in [0.25, 0.3) is 0 Å². The van der Waals surface area contributed by atoms with Crippen molar-refractivity contribution in [2.45, 2.75) is 25.2 Å².